The third kappa shape index (κ3) is 3.29. The molecule has 1 aliphatic heterocycles. The summed E-state index contributed by atoms with van der Waals surface area (Å²) in [5, 5.41) is 13.0. The second-order valence-corrected chi connectivity index (χ2v) is 8.32. The number of sulfone groups is 1. The van der Waals surface area contributed by atoms with Gasteiger partial charge in [0.05, 0.1) is 18.1 Å². The van der Waals surface area contributed by atoms with Crippen molar-refractivity contribution >= 4 is 9.84 Å². The Morgan fingerprint density at radius 3 is 2.63 bits per heavy atom. The van der Waals surface area contributed by atoms with Gasteiger partial charge in [0.15, 0.2) is 9.84 Å². The maximum absolute atomic E-state index is 11.6. The number of aliphatic hydroxyl groups excluding tert-OH is 1. The first-order chi connectivity index (χ1) is 8.91. The zero-order valence-electron chi connectivity index (χ0n) is 11.9. The van der Waals surface area contributed by atoms with Crippen LogP contribution in [0.1, 0.15) is 32.6 Å². The van der Waals surface area contributed by atoms with Crippen molar-refractivity contribution in [3.63, 3.8) is 0 Å². The molecule has 0 radical (unpaired) electrons. The van der Waals surface area contributed by atoms with Gasteiger partial charge in [0.2, 0.25) is 0 Å². The van der Waals surface area contributed by atoms with E-state index in [1.165, 1.54) is 0 Å². The van der Waals surface area contributed by atoms with Crippen LogP contribution in [-0.2, 0) is 9.84 Å². The standard InChI is InChI=1S/C13H26N2O3S/c1-3-14-13(10-16)6-4-11(8-13)15(2)12-5-7-19(17,18)9-12/h11-12,14,16H,3-10H2,1-2H3. The zero-order valence-corrected chi connectivity index (χ0v) is 12.7. The number of nitrogens with zero attached hydrogens (tertiary/aromatic N) is 1. The Morgan fingerprint density at radius 1 is 1.37 bits per heavy atom. The number of aliphatic hydroxyl groups is 1. The summed E-state index contributed by atoms with van der Waals surface area (Å²) in [6.45, 7) is 3.07. The van der Waals surface area contributed by atoms with Gasteiger partial charge in [-0.1, -0.05) is 6.92 Å². The molecular weight excluding hydrogens is 264 g/mol. The van der Waals surface area contributed by atoms with Crippen molar-refractivity contribution < 1.29 is 13.5 Å². The van der Waals surface area contributed by atoms with Crippen molar-refractivity contribution in [3.8, 4) is 0 Å². The normalized spacial score (nSPS) is 38.1. The van der Waals surface area contributed by atoms with Gasteiger partial charge in [-0.2, -0.15) is 0 Å². The number of rotatable bonds is 5. The molecule has 1 aliphatic carbocycles. The molecule has 0 aromatic heterocycles. The van der Waals surface area contributed by atoms with Gasteiger partial charge in [-0.25, -0.2) is 8.42 Å². The van der Waals surface area contributed by atoms with E-state index in [-0.39, 0.29) is 18.2 Å². The zero-order chi connectivity index (χ0) is 14.1. The Kier molecular flexibility index (Phi) is 4.55. The molecule has 5 nitrogen and oxygen atoms in total. The van der Waals surface area contributed by atoms with E-state index < -0.39 is 9.84 Å². The molecule has 2 rings (SSSR count). The lowest BCUT2D eigenvalue weighted by Crippen LogP contribution is -2.48. The SMILES string of the molecule is CCNC1(CO)CCC(N(C)C2CCS(=O)(=O)C2)C1. The van der Waals surface area contributed by atoms with E-state index in [2.05, 4.69) is 17.1 Å². The minimum absolute atomic E-state index is 0.158. The number of hydrogen-bond acceptors (Lipinski definition) is 5. The van der Waals surface area contributed by atoms with Crippen LogP contribution in [0.4, 0.5) is 0 Å². The second-order valence-electron chi connectivity index (χ2n) is 6.09. The number of likely N-dealkylation sites (N-methyl/N-ethyl adjacent to an activating group) is 1. The van der Waals surface area contributed by atoms with Crippen molar-refractivity contribution in [2.45, 2.75) is 50.2 Å². The summed E-state index contributed by atoms with van der Waals surface area (Å²) in [7, 11) is -0.784. The van der Waals surface area contributed by atoms with Crippen molar-refractivity contribution in [1.29, 1.82) is 0 Å². The summed E-state index contributed by atoms with van der Waals surface area (Å²) in [6.07, 6.45) is 3.65. The molecule has 0 aromatic carbocycles. The highest BCUT2D eigenvalue weighted by Gasteiger charge is 2.42. The smallest absolute Gasteiger partial charge is 0.151 e. The van der Waals surface area contributed by atoms with Gasteiger partial charge in [-0.05, 0) is 39.3 Å². The lowest BCUT2D eigenvalue weighted by molar-refractivity contribution is 0.140. The van der Waals surface area contributed by atoms with Gasteiger partial charge >= 0.3 is 0 Å². The van der Waals surface area contributed by atoms with Crippen LogP contribution < -0.4 is 5.32 Å². The number of hydrogen-bond donors (Lipinski definition) is 2. The van der Waals surface area contributed by atoms with Gasteiger partial charge in [0.1, 0.15) is 0 Å². The van der Waals surface area contributed by atoms with E-state index in [9.17, 15) is 13.5 Å². The summed E-state index contributed by atoms with van der Waals surface area (Å²) >= 11 is 0. The fraction of sp³-hybridized carbons (Fsp3) is 1.00. The molecule has 2 aliphatic rings. The van der Waals surface area contributed by atoms with E-state index in [4.69, 9.17) is 0 Å². The highest BCUT2D eigenvalue weighted by atomic mass is 32.2. The molecule has 112 valence electrons. The summed E-state index contributed by atoms with van der Waals surface area (Å²) in [6, 6.07) is 0.538. The average Bonchev–Trinajstić information content (AvgIpc) is 2.93. The van der Waals surface area contributed by atoms with Crippen LogP contribution in [0.3, 0.4) is 0 Å². The average molecular weight is 290 g/mol. The third-order valence-electron chi connectivity index (χ3n) is 4.80. The topological polar surface area (TPSA) is 69.6 Å². The van der Waals surface area contributed by atoms with E-state index >= 15 is 0 Å². The molecular formula is C13H26N2O3S. The largest absolute Gasteiger partial charge is 0.394 e. The van der Waals surface area contributed by atoms with Crippen molar-refractivity contribution in [2.75, 3.05) is 31.7 Å². The van der Waals surface area contributed by atoms with Gasteiger partial charge in [0, 0.05) is 17.6 Å². The van der Waals surface area contributed by atoms with Crippen LogP contribution in [0.25, 0.3) is 0 Å². The molecule has 3 unspecified atom stereocenters. The summed E-state index contributed by atoms with van der Waals surface area (Å²) < 4.78 is 23.1. The van der Waals surface area contributed by atoms with Crippen LogP contribution in [-0.4, -0.2) is 67.8 Å². The van der Waals surface area contributed by atoms with Gasteiger partial charge < -0.3 is 10.4 Å². The quantitative estimate of drug-likeness (QED) is 0.746. The van der Waals surface area contributed by atoms with E-state index in [1.807, 2.05) is 7.05 Å². The third-order valence-corrected chi connectivity index (χ3v) is 6.55. The molecule has 1 heterocycles. The van der Waals surface area contributed by atoms with Crippen LogP contribution in [0.15, 0.2) is 0 Å². The Hall–Kier alpha value is -0.170. The van der Waals surface area contributed by atoms with Crippen LogP contribution in [0.5, 0.6) is 0 Å². The first-order valence-electron chi connectivity index (χ1n) is 7.19. The molecule has 19 heavy (non-hydrogen) atoms. The molecule has 2 N–H and O–H groups in total. The summed E-state index contributed by atoms with van der Waals surface area (Å²) in [4.78, 5) is 2.24. The Bertz CT molecular complexity index is 412. The molecule has 3 atom stereocenters. The molecule has 2 fully saturated rings. The highest BCUT2D eigenvalue weighted by molar-refractivity contribution is 7.91. The van der Waals surface area contributed by atoms with Crippen molar-refractivity contribution in [2.24, 2.45) is 0 Å². The van der Waals surface area contributed by atoms with E-state index in [0.29, 0.717) is 17.5 Å². The minimum Gasteiger partial charge on any atom is -0.394 e. The molecule has 0 aromatic rings. The Labute approximate surface area is 116 Å². The van der Waals surface area contributed by atoms with E-state index in [0.717, 1.165) is 32.2 Å². The Balaban J connectivity index is 1.97. The molecule has 0 amide bonds. The van der Waals surface area contributed by atoms with Gasteiger partial charge in [-0.3, -0.25) is 4.90 Å². The summed E-state index contributed by atoms with van der Waals surface area (Å²) in [5.41, 5.74) is -0.162. The fourth-order valence-electron chi connectivity index (χ4n) is 3.58. The fourth-order valence-corrected chi connectivity index (χ4v) is 5.36. The Morgan fingerprint density at radius 2 is 2.11 bits per heavy atom. The first-order valence-corrected chi connectivity index (χ1v) is 9.02. The lowest BCUT2D eigenvalue weighted by atomic mass is 9.98. The van der Waals surface area contributed by atoms with Gasteiger partial charge in [-0.15, -0.1) is 0 Å². The monoisotopic (exact) mass is 290 g/mol. The molecule has 6 heteroatoms. The lowest BCUT2D eigenvalue weighted by Gasteiger charge is -2.32. The van der Waals surface area contributed by atoms with Crippen molar-refractivity contribution in [1.82, 2.24) is 10.2 Å². The maximum Gasteiger partial charge on any atom is 0.151 e. The predicted octanol–water partition coefficient (Wildman–Crippen LogP) is -0.00160. The maximum atomic E-state index is 11.6. The molecule has 1 saturated carbocycles. The highest BCUT2D eigenvalue weighted by Crippen LogP contribution is 2.34. The molecule has 1 saturated heterocycles. The van der Waals surface area contributed by atoms with Crippen LogP contribution >= 0.6 is 0 Å². The van der Waals surface area contributed by atoms with Gasteiger partial charge in [0.25, 0.3) is 0 Å². The molecule has 0 spiro atoms. The van der Waals surface area contributed by atoms with Crippen LogP contribution in [0, 0.1) is 0 Å². The number of nitrogens with one attached hydrogen (secondary N) is 1. The first kappa shape index (κ1) is 15.2. The summed E-state index contributed by atoms with van der Waals surface area (Å²) in [5.74, 6) is 0.625. The predicted molar refractivity (Wildman–Crippen MR) is 76.0 cm³/mol. The minimum atomic E-state index is -2.82. The van der Waals surface area contributed by atoms with Crippen molar-refractivity contribution in [3.05, 3.63) is 0 Å². The molecule has 0 bridgehead atoms. The second kappa shape index (κ2) is 5.68. The van der Waals surface area contributed by atoms with E-state index in [1.54, 1.807) is 0 Å². The van der Waals surface area contributed by atoms with Crippen LogP contribution in [0.2, 0.25) is 0 Å².